The van der Waals surface area contributed by atoms with Crippen LogP contribution in [0.25, 0.3) is 0 Å². The van der Waals surface area contributed by atoms with Crippen molar-refractivity contribution in [1.29, 1.82) is 0 Å². The van der Waals surface area contributed by atoms with Crippen LogP contribution in [-0.2, 0) is 9.53 Å². The highest BCUT2D eigenvalue weighted by molar-refractivity contribution is 14.0. The van der Waals surface area contributed by atoms with Gasteiger partial charge in [0.2, 0.25) is 0 Å². The minimum atomic E-state index is -0.282. The Balaban J connectivity index is 0.00000484. The number of benzene rings is 1. The van der Waals surface area contributed by atoms with Crippen LogP contribution in [0.5, 0.6) is 0 Å². The van der Waals surface area contributed by atoms with E-state index in [0.29, 0.717) is 18.1 Å². The Hall–Kier alpha value is -1.38. The molecule has 1 rings (SSSR count). The van der Waals surface area contributed by atoms with Crippen LogP contribution in [0.4, 0.5) is 4.39 Å². The molecule has 1 aromatic rings. The maximum Gasteiger partial charge on any atom is 0.310 e. The summed E-state index contributed by atoms with van der Waals surface area (Å²) in [6, 6.07) is 5.02. The normalized spacial score (nSPS) is 13.6. The highest BCUT2D eigenvalue weighted by Crippen LogP contribution is 2.16. The molecule has 0 fully saturated rings. The fraction of sp³-hybridized carbons (Fsp3) is 0.500. The van der Waals surface area contributed by atoms with Gasteiger partial charge in [0, 0.05) is 13.6 Å². The van der Waals surface area contributed by atoms with Crippen LogP contribution in [0, 0.1) is 18.7 Å². The van der Waals surface area contributed by atoms with Gasteiger partial charge in [0.25, 0.3) is 0 Å². The largest absolute Gasteiger partial charge is 0.469 e. The van der Waals surface area contributed by atoms with E-state index in [1.807, 2.05) is 13.0 Å². The van der Waals surface area contributed by atoms with E-state index in [0.717, 1.165) is 5.56 Å². The number of aliphatic imine (C=N–C) groups is 1. The van der Waals surface area contributed by atoms with Gasteiger partial charge in [-0.15, -0.1) is 24.0 Å². The van der Waals surface area contributed by atoms with Gasteiger partial charge in [0.1, 0.15) is 5.82 Å². The van der Waals surface area contributed by atoms with Crippen molar-refractivity contribution in [2.75, 3.05) is 20.7 Å². The van der Waals surface area contributed by atoms with E-state index >= 15 is 0 Å². The lowest BCUT2D eigenvalue weighted by Crippen LogP contribution is -2.41. The summed E-state index contributed by atoms with van der Waals surface area (Å²) in [6.45, 7) is 5.82. The van der Waals surface area contributed by atoms with Crippen molar-refractivity contribution in [3.63, 3.8) is 0 Å². The average Bonchev–Trinajstić information content (AvgIpc) is 2.52. The molecule has 0 spiro atoms. The monoisotopic (exact) mass is 437 g/mol. The van der Waals surface area contributed by atoms with Crippen molar-refractivity contribution in [2.45, 2.75) is 26.8 Å². The summed E-state index contributed by atoms with van der Waals surface area (Å²) in [5.74, 6) is -0.245. The van der Waals surface area contributed by atoms with E-state index < -0.39 is 0 Å². The quantitative estimate of drug-likeness (QED) is 0.322. The third-order valence-corrected chi connectivity index (χ3v) is 3.45. The average molecular weight is 437 g/mol. The molecule has 0 aliphatic carbocycles. The zero-order chi connectivity index (χ0) is 16.7. The van der Waals surface area contributed by atoms with Crippen molar-refractivity contribution < 1.29 is 13.9 Å². The zero-order valence-corrected chi connectivity index (χ0v) is 16.5. The molecular weight excluding hydrogens is 412 g/mol. The maximum absolute atomic E-state index is 13.6. The maximum atomic E-state index is 13.6. The molecule has 0 aliphatic heterocycles. The number of carbonyl (C=O) groups is 1. The third kappa shape index (κ3) is 6.72. The number of hydrogen-bond donors (Lipinski definition) is 2. The third-order valence-electron chi connectivity index (χ3n) is 3.45. The molecule has 5 nitrogen and oxygen atoms in total. The SMILES string of the molecule is CN=C(NCC(C)C(=O)OC)NC(C)c1ccc(C)c(F)c1.I. The number of guanidine groups is 1. The summed E-state index contributed by atoms with van der Waals surface area (Å²) in [5, 5.41) is 6.22. The topological polar surface area (TPSA) is 62.7 Å². The number of nitrogens with one attached hydrogen (secondary N) is 2. The number of carbonyl (C=O) groups excluding carboxylic acids is 1. The Morgan fingerprint density at radius 2 is 2.04 bits per heavy atom. The minimum Gasteiger partial charge on any atom is -0.469 e. The number of methoxy groups -OCH3 is 1. The van der Waals surface area contributed by atoms with E-state index in [1.165, 1.54) is 13.2 Å². The molecule has 0 saturated heterocycles. The van der Waals surface area contributed by atoms with Gasteiger partial charge in [-0.1, -0.05) is 19.1 Å². The molecule has 0 radical (unpaired) electrons. The summed E-state index contributed by atoms with van der Waals surface area (Å²) in [7, 11) is 3.00. The summed E-state index contributed by atoms with van der Waals surface area (Å²) in [5.41, 5.74) is 1.44. The van der Waals surface area contributed by atoms with E-state index in [9.17, 15) is 9.18 Å². The predicted molar refractivity (Wildman–Crippen MR) is 101 cm³/mol. The summed E-state index contributed by atoms with van der Waals surface area (Å²) in [6.07, 6.45) is 0. The number of nitrogens with zero attached hydrogens (tertiary/aromatic N) is 1. The number of ether oxygens (including phenoxy) is 1. The van der Waals surface area contributed by atoms with Crippen molar-refractivity contribution in [2.24, 2.45) is 10.9 Å². The highest BCUT2D eigenvalue weighted by atomic mass is 127. The van der Waals surface area contributed by atoms with Crippen LogP contribution >= 0.6 is 24.0 Å². The van der Waals surface area contributed by atoms with Gasteiger partial charge in [-0.3, -0.25) is 9.79 Å². The second-order valence-corrected chi connectivity index (χ2v) is 5.25. The summed E-state index contributed by atoms with van der Waals surface area (Å²) >= 11 is 0. The first-order valence-corrected chi connectivity index (χ1v) is 7.20. The first-order chi connectivity index (χ1) is 10.4. The first-order valence-electron chi connectivity index (χ1n) is 7.20. The number of aryl methyl sites for hydroxylation is 1. The van der Waals surface area contributed by atoms with Crippen LogP contribution in [-0.4, -0.2) is 32.6 Å². The van der Waals surface area contributed by atoms with Gasteiger partial charge in [0.15, 0.2) is 5.96 Å². The fourth-order valence-electron chi connectivity index (χ4n) is 1.90. The van der Waals surface area contributed by atoms with Crippen LogP contribution in [0.2, 0.25) is 0 Å². The predicted octanol–water partition coefficient (Wildman–Crippen LogP) is 2.79. The lowest BCUT2D eigenvalue weighted by atomic mass is 10.1. The van der Waals surface area contributed by atoms with E-state index in [-0.39, 0.29) is 47.7 Å². The number of esters is 1. The molecule has 0 amide bonds. The fourth-order valence-corrected chi connectivity index (χ4v) is 1.90. The van der Waals surface area contributed by atoms with Gasteiger partial charge in [-0.2, -0.15) is 0 Å². The molecule has 0 aromatic heterocycles. The number of halogens is 2. The molecule has 23 heavy (non-hydrogen) atoms. The Morgan fingerprint density at radius 3 is 2.57 bits per heavy atom. The highest BCUT2D eigenvalue weighted by Gasteiger charge is 2.14. The van der Waals surface area contributed by atoms with Gasteiger partial charge in [-0.05, 0) is 31.0 Å². The summed E-state index contributed by atoms with van der Waals surface area (Å²) in [4.78, 5) is 15.5. The smallest absolute Gasteiger partial charge is 0.310 e. The molecule has 0 heterocycles. The Kier molecular flexibility index (Phi) is 9.78. The molecule has 2 unspecified atom stereocenters. The van der Waals surface area contributed by atoms with E-state index in [4.69, 9.17) is 0 Å². The van der Waals surface area contributed by atoms with E-state index in [1.54, 1.807) is 27.0 Å². The molecule has 1 aromatic carbocycles. The van der Waals surface area contributed by atoms with Crippen molar-refractivity contribution >= 4 is 35.9 Å². The first kappa shape index (κ1) is 21.6. The van der Waals surface area contributed by atoms with Crippen LogP contribution in [0.3, 0.4) is 0 Å². The van der Waals surface area contributed by atoms with Crippen LogP contribution in [0.1, 0.15) is 31.0 Å². The van der Waals surface area contributed by atoms with Crippen LogP contribution < -0.4 is 10.6 Å². The molecule has 0 aliphatic rings. The molecule has 7 heteroatoms. The second-order valence-electron chi connectivity index (χ2n) is 5.25. The van der Waals surface area contributed by atoms with Gasteiger partial charge < -0.3 is 15.4 Å². The standard InChI is InChI=1S/C16H24FN3O2.HI/c1-10-6-7-13(8-14(10)17)12(3)20-16(18-4)19-9-11(2)15(21)22-5;/h6-8,11-12H,9H2,1-5H3,(H2,18,19,20);1H. The lowest BCUT2D eigenvalue weighted by Gasteiger charge is -2.19. The van der Waals surface area contributed by atoms with Crippen molar-refractivity contribution in [3.05, 3.63) is 35.1 Å². The minimum absolute atomic E-state index is 0. The van der Waals surface area contributed by atoms with Crippen LogP contribution in [0.15, 0.2) is 23.2 Å². The molecule has 2 N–H and O–H groups in total. The summed E-state index contributed by atoms with van der Waals surface area (Å²) < 4.78 is 18.3. The second kappa shape index (κ2) is 10.4. The number of rotatable bonds is 5. The molecule has 130 valence electrons. The number of hydrogen-bond acceptors (Lipinski definition) is 3. The molecular formula is C16H25FIN3O2. The zero-order valence-electron chi connectivity index (χ0n) is 14.1. The molecule has 2 atom stereocenters. The van der Waals surface area contributed by atoms with Gasteiger partial charge in [0.05, 0.1) is 19.1 Å². The molecule has 0 saturated carbocycles. The van der Waals surface area contributed by atoms with Crippen molar-refractivity contribution in [1.82, 2.24) is 10.6 Å². The Bertz CT molecular complexity index is 552. The van der Waals surface area contributed by atoms with E-state index in [2.05, 4.69) is 20.4 Å². The van der Waals surface area contributed by atoms with Gasteiger partial charge >= 0.3 is 5.97 Å². The molecule has 0 bridgehead atoms. The Morgan fingerprint density at radius 1 is 1.39 bits per heavy atom. The Labute approximate surface area is 154 Å². The lowest BCUT2D eigenvalue weighted by molar-refractivity contribution is -0.144. The van der Waals surface area contributed by atoms with Gasteiger partial charge in [-0.25, -0.2) is 4.39 Å². The van der Waals surface area contributed by atoms with Crippen molar-refractivity contribution in [3.8, 4) is 0 Å².